The Morgan fingerprint density at radius 3 is 1.21 bits per heavy atom. The summed E-state index contributed by atoms with van der Waals surface area (Å²) in [6.45, 7) is 0. The predicted molar refractivity (Wildman–Crippen MR) is 251 cm³/mol. The smallest absolute Gasteiger partial charge is 0.744 e. The molecule has 34 heteroatoms. The molecule has 0 saturated carbocycles. The summed E-state index contributed by atoms with van der Waals surface area (Å²) >= 11 is 0. The molecule has 0 aliphatic rings. The summed E-state index contributed by atoms with van der Waals surface area (Å²) in [4.78, 5) is 25.8. The van der Waals surface area contributed by atoms with E-state index in [-0.39, 0.29) is 169 Å². The normalized spacial score (nSPS) is 12.3. The molecule has 0 heterocycles. The maximum atomic E-state index is 14.3. The van der Waals surface area contributed by atoms with Gasteiger partial charge in [-0.1, -0.05) is 0 Å². The standard InChI is InChI=1S/C44H34N8O18S4.4Na/c53-37-21-40(56)35(49-45-25-1-9-29(10-2-25)71(59,60)61)19-23(37)17-33-38(54)22-39(55)34(41(33)51-47-27-5-13-31(14-6-27)73(65,66)67)18-24-20-36(50-46-26-3-11-30(12-4-26)72(62,63)64)44(58)42(43(24)57)52-48-28-7-15-32(16-8-28)74(68,69)70;;;;/h1-16,19-22,46,48,53-56H,17-18H2,(H,59,60,61)(H,62,63,64)(H,65,66,67)(H,68,69,70);;;;/q;4*+1/p-4/b49-45?,50-36-,51-47?,52-42-;;;;. The molecule has 7 aromatic carbocycles. The topological polar surface area (TPSA) is 442 Å². The fraction of sp³-hybridized carbons (Fsp3) is 0.0455. The number of aromatic hydroxyl groups is 4. The van der Waals surface area contributed by atoms with E-state index in [4.69, 9.17) is 0 Å². The Labute approximate surface area is 530 Å². The van der Waals surface area contributed by atoms with Crippen molar-refractivity contribution in [2.24, 2.45) is 30.7 Å². The number of hydrogen-bond acceptors (Lipinski definition) is 26. The molecular formula is C44H30N8Na4O18S4. The van der Waals surface area contributed by atoms with E-state index in [9.17, 15) is 81.9 Å². The van der Waals surface area contributed by atoms with E-state index in [0.29, 0.717) is 0 Å². The molecule has 0 aliphatic carbocycles. The van der Waals surface area contributed by atoms with Crippen LogP contribution in [0.4, 0.5) is 34.1 Å². The minimum absolute atomic E-state index is 0. The van der Waals surface area contributed by atoms with Gasteiger partial charge in [-0.05, 0) is 109 Å². The van der Waals surface area contributed by atoms with E-state index >= 15 is 0 Å². The summed E-state index contributed by atoms with van der Waals surface area (Å²) in [5, 5.41) is 67.3. The molecule has 6 N–H and O–H groups in total. The Hall–Kier alpha value is -4.62. The van der Waals surface area contributed by atoms with Gasteiger partial charge in [-0.2, -0.15) is 20.4 Å². The van der Waals surface area contributed by atoms with Crippen molar-refractivity contribution in [3.05, 3.63) is 175 Å². The zero-order valence-electron chi connectivity index (χ0n) is 40.8. The molecule has 0 aliphatic heterocycles. The van der Waals surface area contributed by atoms with Gasteiger partial charge in [0.1, 0.15) is 80.2 Å². The van der Waals surface area contributed by atoms with E-state index in [0.717, 1.165) is 121 Å². The number of rotatable bonds is 16. The van der Waals surface area contributed by atoms with Gasteiger partial charge in [0.15, 0.2) is 5.36 Å². The summed E-state index contributed by atoms with van der Waals surface area (Å²) < 4.78 is 138. The first-order chi connectivity index (χ1) is 34.6. The molecule has 78 heavy (non-hydrogen) atoms. The minimum atomic E-state index is -4.91. The molecule has 0 saturated heterocycles. The molecular weight excluding hydrogens is 1150 g/mol. The van der Waals surface area contributed by atoms with Gasteiger partial charge in [-0.15, -0.1) is 10.2 Å². The summed E-state index contributed by atoms with van der Waals surface area (Å²) in [6, 6.07) is 20.1. The van der Waals surface area contributed by atoms with Gasteiger partial charge in [0, 0.05) is 47.2 Å². The van der Waals surface area contributed by atoms with Crippen LogP contribution < -0.4 is 151 Å². The third-order valence-corrected chi connectivity index (χ3v) is 13.7. The van der Waals surface area contributed by atoms with Crippen molar-refractivity contribution < 1.29 is 191 Å². The number of phenolic OH excluding ortho intramolecular Hbond substituents is 4. The molecule has 0 atom stereocenters. The third-order valence-electron chi connectivity index (χ3n) is 10.3. The molecule has 0 spiro atoms. The van der Waals surface area contributed by atoms with Crippen molar-refractivity contribution in [3.8, 4) is 23.0 Å². The first kappa shape index (κ1) is 67.7. The molecule has 0 aromatic heterocycles. The summed E-state index contributed by atoms with van der Waals surface area (Å²) in [5.74, 6) is -2.69. The molecule has 0 unspecified atom stereocenters. The van der Waals surface area contributed by atoms with Crippen molar-refractivity contribution in [2.45, 2.75) is 32.4 Å². The number of nitrogens with one attached hydrogen (secondary N) is 2. The van der Waals surface area contributed by atoms with Crippen molar-refractivity contribution in [1.29, 1.82) is 0 Å². The first-order valence-corrected chi connectivity index (χ1v) is 26.0. The van der Waals surface area contributed by atoms with E-state index in [2.05, 4.69) is 41.5 Å². The molecule has 7 rings (SSSR count). The SMILES string of the molecule is O=c1c(Cc2c(O)cc(O)c(Cc3cc(N=Nc4ccc(S(=O)(=O)[O-])cc4)c(O)cc3O)c2N=Nc2ccc(S(=O)(=O)[O-])cc2)c/c(=N/Nc2ccc(S(=O)(=O)[O-])cc2)c(=O)/c1=N\Nc1ccc(S(=O)(=O)[O-])cc1.[Na+].[Na+].[Na+].[Na+]. The number of phenols is 4. The number of benzene rings is 7. The van der Waals surface area contributed by atoms with Crippen LogP contribution in [-0.4, -0.2) is 72.3 Å². The van der Waals surface area contributed by atoms with Gasteiger partial charge in [0.05, 0.1) is 42.3 Å². The third kappa shape index (κ3) is 17.2. The summed E-state index contributed by atoms with van der Waals surface area (Å²) in [7, 11) is -19.4. The van der Waals surface area contributed by atoms with E-state index in [1.165, 1.54) is 0 Å². The number of azo groups is 2. The number of hydrogen-bond donors (Lipinski definition) is 6. The molecule has 0 fully saturated rings. The Kier molecular flexibility index (Phi) is 24.0. The van der Waals surface area contributed by atoms with Crippen LogP contribution in [0.25, 0.3) is 0 Å². The Morgan fingerprint density at radius 1 is 0.410 bits per heavy atom. The van der Waals surface area contributed by atoms with Crippen molar-refractivity contribution >= 4 is 74.6 Å². The summed E-state index contributed by atoms with van der Waals surface area (Å²) in [6.07, 6.45) is -1.27. The maximum Gasteiger partial charge on any atom is 1.00 e. The first-order valence-electron chi connectivity index (χ1n) is 20.3. The van der Waals surface area contributed by atoms with Crippen LogP contribution in [-0.2, 0) is 53.3 Å². The van der Waals surface area contributed by atoms with Crippen molar-refractivity contribution in [1.82, 2.24) is 0 Å². The fourth-order valence-electron chi connectivity index (χ4n) is 6.61. The predicted octanol–water partition coefficient (Wildman–Crippen LogP) is -8.39. The molecule has 26 nitrogen and oxygen atoms in total. The average molecular weight is 1180 g/mol. The zero-order chi connectivity index (χ0) is 53.9. The van der Waals surface area contributed by atoms with Gasteiger partial charge in [-0.3, -0.25) is 20.4 Å². The van der Waals surface area contributed by atoms with Crippen molar-refractivity contribution in [3.63, 3.8) is 0 Å². The van der Waals surface area contributed by atoms with Crippen molar-refractivity contribution in [2.75, 3.05) is 10.9 Å². The second-order valence-corrected chi connectivity index (χ2v) is 20.8. The largest absolute Gasteiger partial charge is 1.00 e. The Bertz CT molecular complexity index is 4160. The van der Waals surface area contributed by atoms with Crippen LogP contribution in [0, 0.1) is 0 Å². The quantitative estimate of drug-likeness (QED) is 0.0226. The van der Waals surface area contributed by atoms with Gasteiger partial charge in [0.25, 0.3) is 0 Å². The molecule has 7 aromatic rings. The summed E-state index contributed by atoms with van der Waals surface area (Å²) in [5.41, 5.74) is 0.786. The van der Waals surface area contributed by atoms with Gasteiger partial charge in [-0.25, -0.2) is 33.7 Å². The van der Waals surface area contributed by atoms with Gasteiger partial charge >= 0.3 is 118 Å². The second kappa shape index (κ2) is 27.7. The van der Waals surface area contributed by atoms with Crippen LogP contribution >= 0.6 is 0 Å². The monoisotopic (exact) mass is 1180 g/mol. The van der Waals surface area contributed by atoms with Crippen LogP contribution in [0.5, 0.6) is 23.0 Å². The van der Waals surface area contributed by atoms with Crippen LogP contribution in [0.1, 0.15) is 22.3 Å². The van der Waals surface area contributed by atoms with E-state index in [1.54, 1.807) is 0 Å². The number of anilines is 2. The van der Waals surface area contributed by atoms with Crippen LogP contribution in [0.15, 0.2) is 181 Å². The minimum Gasteiger partial charge on any atom is -0.744 e. The molecule has 0 amide bonds. The Morgan fingerprint density at radius 2 is 0.782 bits per heavy atom. The second-order valence-electron chi connectivity index (χ2n) is 15.3. The zero-order valence-corrected chi connectivity index (χ0v) is 52.0. The molecule has 0 radical (unpaired) electrons. The van der Waals surface area contributed by atoms with E-state index < -0.39 is 123 Å². The Balaban J connectivity index is 0.00000400. The van der Waals surface area contributed by atoms with Gasteiger partial charge in [0.2, 0.25) is 10.9 Å². The van der Waals surface area contributed by atoms with Crippen LogP contribution in [0.2, 0.25) is 0 Å². The molecule has 0 bridgehead atoms. The maximum absolute atomic E-state index is 14.3. The van der Waals surface area contributed by atoms with Crippen LogP contribution in [0.3, 0.4) is 0 Å². The van der Waals surface area contributed by atoms with Gasteiger partial charge < -0.3 is 38.6 Å². The molecule has 382 valence electrons. The van der Waals surface area contributed by atoms with E-state index in [1.807, 2.05) is 0 Å². The average Bonchev–Trinajstić information content (AvgIpc) is 3.32. The fourth-order valence-corrected chi connectivity index (χ4v) is 8.49. The number of nitrogens with zero attached hydrogens (tertiary/aromatic N) is 6.